The first kappa shape index (κ1) is 11.8. The fourth-order valence-corrected chi connectivity index (χ4v) is 1.02. The van der Waals surface area contributed by atoms with Crippen LogP contribution in [-0.2, 0) is 0 Å². The van der Waals surface area contributed by atoms with Crippen molar-refractivity contribution in [3.05, 3.63) is 5.28 Å². The number of hydrogen-bond acceptors (Lipinski definition) is 5. The van der Waals surface area contributed by atoms with Crippen LogP contribution in [0.25, 0.3) is 0 Å². The lowest BCUT2D eigenvalue weighted by molar-refractivity contribution is 0.156. The minimum absolute atomic E-state index is 0.00823. The molecule has 1 heterocycles. The number of alkyl halides is 2. The molecule has 0 saturated heterocycles. The van der Waals surface area contributed by atoms with Gasteiger partial charge in [0.25, 0.3) is 6.43 Å². The Balaban J connectivity index is 2.88. The van der Waals surface area contributed by atoms with E-state index in [0.29, 0.717) is 0 Å². The molecule has 0 atom stereocenters. The smallest absolute Gasteiger partial charge is 0.322 e. The van der Waals surface area contributed by atoms with Gasteiger partial charge < -0.3 is 9.64 Å². The molecule has 0 saturated carbocycles. The van der Waals surface area contributed by atoms with E-state index in [1.165, 1.54) is 19.1 Å². The van der Waals surface area contributed by atoms with Gasteiger partial charge in [-0.3, -0.25) is 0 Å². The third kappa shape index (κ3) is 3.43. The molecule has 1 aromatic heterocycles. The molecule has 0 bridgehead atoms. The molecular weight excluding hydrogens is 230 g/mol. The van der Waals surface area contributed by atoms with Crippen LogP contribution in [0.15, 0.2) is 0 Å². The van der Waals surface area contributed by atoms with Crippen molar-refractivity contribution in [3.63, 3.8) is 0 Å². The lowest BCUT2D eigenvalue weighted by atomic mass is 10.6. The van der Waals surface area contributed by atoms with E-state index in [9.17, 15) is 8.78 Å². The van der Waals surface area contributed by atoms with Gasteiger partial charge in [-0.15, -0.1) is 0 Å². The fraction of sp³-hybridized carbons (Fsp3) is 0.571. The Hall–Kier alpha value is -1.24. The van der Waals surface area contributed by atoms with Crippen molar-refractivity contribution in [1.29, 1.82) is 0 Å². The van der Waals surface area contributed by atoms with E-state index in [2.05, 4.69) is 15.0 Å². The molecule has 5 nitrogen and oxygen atoms in total. The molecule has 0 spiro atoms. The molecule has 0 aliphatic heterocycles. The number of hydrogen-bond donors (Lipinski definition) is 0. The molecule has 0 aliphatic carbocycles. The Bertz CT molecular complexity index is 339. The first-order valence-corrected chi connectivity index (χ1v) is 4.35. The first-order valence-electron chi connectivity index (χ1n) is 3.97. The van der Waals surface area contributed by atoms with Gasteiger partial charge in [-0.2, -0.15) is 15.0 Å². The maximum Gasteiger partial charge on any atom is 0.322 e. The Morgan fingerprint density at radius 3 is 2.60 bits per heavy atom. The molecule has 0 fully saturated rings. The number of halogens is 3. The van der Waals surface area contributed by atoms with Crippen molar-refractivity contribution in [2.24, 2.45) is 0 Å². The minimum atomic E-state index is -2.48. The molecule has 0 radical (unpaired) electrons. The lowest BCUT2D eigenvalue weighted by Crippen LogP contribution is -2.26. The van der Waals surface area contributed by atoms with Gasteiger partial charge in [0.1, 0.15) is 0 Å². The topological polar surface area (TPSA) is 51.1 Å². The zero-order valence-corrected chi connectivity index (χ0v) is 8.87. The second kappa shape index (κ2) is 5.01. The van der Waals surface area contributed by atoms with Crippen molar-refractivity contribution < 1.29 is 13.5 Å². The summed E-state index contributed by atoms with van der Waals surface area (Å²) in [6.45, 7) is -0.483. The van der Waals surface area contributed by atoms with Crippen molar-refractivity contribution in [3.8, 4) is 6.01 Å². The van der Waals surface area contributed by atoms with Gasteiger partial charge in [0, 0.05) is 7.05 Å². The molecule has 0 N–H and O–H groups in total. The third-order valence-corrected chi connectivity index (χ3v) is 1.68. The highest BCUT2D eigenvalue weighted by Crippen LogP contribution is 2.14. The summed E-state index contributed by atoms with van der Waals surface area (Å²) in [5.41, 5.74) is 0. The van der Waals surface area contributed by atoms with E-state index in [1.54, 1.807) is 0 Å². The highest BCUT2D eigenvalue weighted by atomic mass is 35.5. The van der Waals surface area contributed by atoms with E-state index in [-0.39, 0.29) is 17.2 Å². The zero-order valence-electron chi connectivity index (χ0n) is 8.12. The molecule has 8 heteroatoms. The molecule has 0 amide bonds. The van der Waals surface area contributed by atoms with Crippen LogP contribution in [0.1, 0.15) is 0 Å². The van der Waals surface area contributed by atoms with Gasteiger partial charge in [-0.05, 0) is 11.6 Å². The maximum atomic E-state index is 12.1. The zero-order chi connectivity index (χ0) is 11.4. The average Bonchev–Trinajstić information content (AvgIpc) is 2.15. The summed E-state index contributed by atoms with van der Waals surface area (Å²) in [7, 11) is 2.78. The van der Waals surface area contributed by atoms with Gasteiger partial charge in [-0.25, -0.2) is 8.78 Å². The van der Waals surface area contributed by atoms with Crippen LogP contribution < -0.4 is 9.64 Å². The van der Waals surface area contributed by atoms with Crippen LogP contribution >= 0.6 is 11.6 Å². The second-order valence-corrected chi connectivity index (χ2v) is 3.00. The average molecular weight is 239 g/mol. The first-order chi connectivity index (χ1) is 7.02. The van der Waals surface area contributed by atoms with Crippen LogP contribution in [0.5, 0.6) is 6.01 Å². The summed E-state index contributed by atoms with van der Waals surface area (Å²) >= 11 is 5.55. The van der Waals surface area contributed by atoms with Crippen LogP contribution in [0.4, 0.5) is 14.7 Å². The summed E-state index contributed by atoms with van der Waals surface area (Å²) in [6.07, 6.45) is -2.48. The normalized spacial score (nSPS) is 10.5. The molecule has 0 aromatic carbocycles. The van der Waals surface area contributed by atoms with E-state index >= 15 is 0 Å². The van der Waals surface area contributed by atoms with E-state index in [0.717, 1.165) is 0 Å². The largest absolute Gasteiger partial charge is 0.467 e. The Morgan fingerprint density at radius 1 is 1.40 bits per heavy atom. The molecule has 1 aromatic rings. The monoisotopic (exact) mass is 238 g/mol. The number of methoxy groups -OCH3 is 1. The Labute approximate surface area is 90.1 Å². The standard InChI is InChI=1S/C7H9ClF2N4O/c1-14(3-4(9)10)6-11-5(8)12-7(13-6)15-2/h4H,3H2,1-2H3. The molecule has 84 valence electrons. The summed E-state index contributed by atoms with van der Waals surface area (Å²) in [6, 6.07) is -0.00823. The molecule has 15 heavy (non-hydrogen) atoms. The van der Waals surface area contributed by atoms with Crippen LogP contribution in [0.3, 0.4) is 0 Å². The van der Waals surface area contributed by atoms with Crippen molar-refractivity contribution in [1.82, 2.24) is 15.0 Å². The van der Waals surface area contributed by atoms with Crippen LogP contribution in [-0.4, -0.2) is 42.1 Å². The predicted molar refractivity (Wildman–Crippen MR) is 50.7 cm³/mol. The van der Waals surface area contributed by atoms with Crippen molar-refractivity contribution >= 4 is 17.5 Å². The van der Waals surface area contributed by atoms with Gasteiger partial charge >= 0.3 is 6.01 Å². The predicted octanol–water partition coefficient (Wildman–Crippen LogP) is 1.23. The number of anilines is 1. The number of nitrogens with zero attached hydrogens (tertiary/aromatic N) is 4. The molecule has 0 unspecified atom stereocenters. The molecular formula is C7H9ClF2N4O. The highest BCUT2D eigenvalue weighted by Gasteiger charge is 2.13. The van der Waals surface area contributed by atoms with Gasteiger partial charge in [0.15, 0.2) is 0 Å². The minimum Gasteiger partial charge on any atom is -0.467 e. The highest BCUT2D eigenvalue weighted by molar-refractivity contribution is 6.28. The van der Waals surface area contributed by atoms with Gasteiger partial charge in [0.05, 0.1) is 13.7 Å². The summed E-state index contributed by atoms with van der Waals surface area (Å²) in [5, 5.41) is -0.0991. The summed E-state index contributed by atoms with van der Waals surface area (Å²) in [4.78, 5) is 12.2. The third-order valence-electron chi connectivity index (χ3n) is 1.51. The Kier molecular flexibility index (Phi) is 3.96. The van der Waals surface area contributed by atoms with Gasteiger partial charge in [0.2, 0.25) is 11.2 Å². The van der Waals surface area contributed by atoms with E-state index in [4.69, 9.17) is 16.3 Å². The molecule has 0 aliphatic rings. The van der Waals surface area contributed by atoms with Gasteiger partial charge in [-0.1, -0.05) is 0 Å². The van der Waals surface area contributed by atoms with E-state index in [1.807, 2.05) is 0 Å². The second-order valence-electron chi connectivity index (χ2n) is 2.66. The Morgan fingerprint density at radius 2 is 2.07 bits per heavy atom. The number of aromatic nitrogens is 3. The van der Waals surface area contributed by atoms with E-state index < -0.39 is 13.0 Å². The summed E-state index contributed by atoms with van der Waals surface area (Å²) in [5.74, 6) is 0.0483. The SMILES string of the molecule is COc1nc(Cl)nc(N(C)CC(F)F)n1. The van der Waals surface area contributed by atoms with Crippen molar-refractivity contribution in [2.75, 3.05) is 25.6 Å². The molecule has 1 rings (SSSR count). The number of rotatable bonds is 4. The van der Waals surface area contributed by atoms with Crippen LogP contribution in [0, 0.1) is 0 Å². The number of ether oxygens (including phenoxy) is 1. The summed E-state index contributed by atoms with van der Waals surface area (Å²) < 4.78 is 28.9. The maximum absolute atomic E-state index is 12.1. The van der Waals surface area contributed by atoms with Crippen LogP contribution in [0.2, 0.25) is 5.28 Å². The quantitative estimate of drug-likeness (QED) is 0.790. The van der Waals surface area contributed by atoms with Crippen molar-refractivity contribution in [2.45, 2.75) is 6.43 Å². The lowest BCUT2D eigenvalue weighted by Gasteiger charge is -2.16. The fourth-order valence-electron chi connectivity index (χ4n) is 0.873.